The van der Waals surface area contributed by atoms with E-state index in [1.165, 1.54) is 16.1 Å². The Balaban J connectivity index is 4.69. The quantitative estimate of drug-likeness (QED) is 0.604. The topological polar surface area (TPSA) is 49.4 Å². The molecule has 7 heteroatoms. The molecule has 1 amide bonds. The monoisotopic (exact) mass is 316 g/mol. The molecule has 0 aliphatic heterocycles. The van der Waals surface area contributed by atoms with E-state index in [1.54, 1.807) is 14.1 Å². The molecule has 1 N–H and O–H groups in total. The van der Waals surface area contributed by atoms with E-state index in [9.17, 15) is 9.36 Å². The van der Waals surface area contributed by atoms with Crippen LogP contribution in [-0.2, 0) is 9.36 Å². The van der Waals surface area contributed by atoms with E-state index in [4.69, 9.17) is 0 Å². The first kappa shape index (κ1) is 15.5. The van der Waals surface area contributed by atoms with E-state index in [1.807, 2.05) is 13.8 Å². The summed E-state index contributed by atoms with van der Waals surface area (Å²) in [5.74, 6) is -0.177. The highest BCUT2D eigenvalue weighted by molar-refractivity contribution is 9.09. The van der Waals surface area contributed by atoms with Gasteiger partial charge in [-0.05, 0) is 13.5 Å². The lowest BCUT2D eigenvalue weighted by atomic mass is 10.4. The first-order valence-corrected chi connectivity index (χ1v) is 8.98. The van der Waals surface area contributed by atoms with Crippen LogP contribution in [0, 0.1) is 0 Å². The predicted octanol–water partition coefficient (Wildman–Crippen LogP) is 2.70. The van der Waals surface area contributed by atoms with Crippen LogP contribution in [0.2, 0.25) is 0 Å². The average molecular weight is 317 g/mol. The standard InChI is InChI=1S/C8H18BrN2O2PS/c1-5-7(2)15-14(13,10-3)11(4)8(12)6-9/h7H,5-6H2,1-4H3,(H,10,13). The SMILES string of the molecule is CCC(C)SP(=O)(NC)N(C)C(=O)CBr. The van der Waals surface area contributed by atoms with Gasteiger partial charge in [0, 0.05) is 12.3 Å². The molecule has 0 fully saturated rings. The number of amides is 1. The zero-order valence-electron chi connectivity index (χ0n) is 9.49. The van der Waals surface area contributed by atoms with Gasteiger partial charge in [-0.2, -0.15) is 0 Å². The van der Waals surface area contributed by atoms with Gasteiger partial charge in [-0.25, -0.2) is 5.09 Å². The van der Waals surface area contributed by atoms with Crippen LogP contribution < -0.4 is 5.09 Å². The van der Waals surface area contributed by atoms with Crippen molar-refractivity contribution in [2.24, 2.45) is 0 Å². The highest BCUT2D eigenvalue weighted by Crippen LogP contribution is 2.59. The van der Waals surface area contributed by atoms with Crippen LogP contribution in [0.5, 0.6) is 0 Å². The molecule has 0 saturated heterocycles. The first-order chi connectivity index (χ1) is 6.91. The van der Waals surface area contributed by atoms with E-state index in [2.05, 4.69) is 21.0 Å². The Morgan fingerprint density at radius 1 is 1.67 bits per heavy atom. The van der Waals surface area contributed by atoms with Crippen LogP contribution in [0.15, 0.2) is 0 Å². The number of rotatable bonds is 6. The normalized spacial score (nSPS) is 16.9. The lowest BCUT2D eigenvalue weighted by molar-refractivity contribution is -0.122. The van der Waals surface area contributed by atoms with Crippen molar-refractivity contribution in [2.45, 2.75) is 25.5 Å². The molecule has 0 spiro atoms. The Morgan fingerprint density at radius 3 is 2.53 bits per heavy atom. The van der Waals surface area contributed by atoms with Gasteiger partial charge in [-0.3, -0.25) is 14.0 Å². The molecule has 0 radical (unpaired) electrons. The number of hydrogen-bond donors (Lipinski definition) is 1. The fraction of sp³-hybridized carbons (Fsp3) is 0.875. The second kappa shape index (κ2) is 6.94. The van der Waals surface area contributed by atoms with E-state index < -0.39 is 6.65 Å². The summed E-state index contributed by atoms with van der Waals surface area (Å²) in [7, 11) is 3.18. The molecule has 0 saturated carbocycles. The molecule has 0 rings (SSSR count). The van der Waals surface area contributed by atoms with Gasteiger partial charge in [0.05, 0.1) is 5.33 Å². The van der Waals surface area contributed by atoms with Crippen LogP contribution in [-0.4, -0.2) is 35.3 Å². The Hall–Kier alpha value is 0.490. The van der Waals surface area contributed by atoms with Crippen LogP contribution >= 0.6 is 34.0 Å². The summed E-state index contributed by atoms with van der Waals surface area (Å²) >= 11 is 4.40. The fourth-order valence-corrected chi connectivity index (χ4v) is 5.87. The van der Waals surface area contributed by atoms with Crippen molar-refractivity contribution in [3.05, 3.63) is 0 Å². The summed E-state index contributed by atoms with van der Waals surface area (Å²) in [5.41, 5.74) is 0. The molecule has 90 valence electrons. The van der Waals surface area contributed by atoms with Gasteiger partial charge in [0.2, 0.25) is 5.91 Å². The highest BCUT2D eigenvalue weighted by Gasteiger charge is 2.31. The summed E-state index contributed by atoms with van der Waals surface area (Å²) in [6.07, 6.45) is 0.923. The lowest BCUT2D eigenvalue weighted by Gasteiger charge is -2.28. The van der Waals surface area contributed by atoms with Crippen LogP contribution in [0.4, 0.5) is 0 Å². The van der Waals surface area contributed by atoms with Gasteiger partial charge in [0.25, 0.3) is 6.65 Å². The molecule has 0 aromatic carbocycles. The molecule has 15 heavy (non-hydrogen) atoms. The van der Waals surface area contributed by atoms with Crippen molar-refractivity contribution < 1.29 is 9.36 Å². The van der Waals surface area contributed by atoms with Gasteiger partial charge >= 0.3 is 0 Å². The highest BCUT2D eigenvalue weighted by atomic mass is 79.9. The summed E-state index contributed by atoms with van der Waals surface area (Å²) in [5, 5.41) is 3.21. The van der Waals surface area contributed by atoms with E-state index in [0.717, 1.165) is 6.42 Å². The second-order valence-electron chi connectivity index (χ2n) is 3.12. The zero-order valence-corrected chi connectivity index (χ0v) is 12.8. The maximum Gasteiger partial charge on any atom is 0.294 e. The van der Waals surface area contributed by atoms with Gasteiger partial charge in [-0.1, -0.05) is 41.2 Å². The van der Waals surface area contributed by atoms with Crippen molar-refractivity contribution in [3.63, 3.8) is 0 Å². The number of nitrogens with one attached hydrogen (secondary N) is 1. The summed E-state index contributed by atoms with van der Waals surface area (Å²) < 4.78 is 13.7. The van der Waals surface area contributed by atoms with Crippen LogP contribution in [0.25, 0.3) is 0 Å². The minimum Gasteiger partial charge on any atom is -0.276 e. The minimum absolute atomic E-state index is 0.177. The fourth-order valence-electron chi connectivity index (χ4n) is 0.825. The predicted molar refractivity (Wildman–Crippen MR) is 70.6 cm³/mol. The Morgan fingerprint density at radius 2 is 2.20 bits per heavy atom. The summed E-state index contributed by atoms with van der Waals surface area (Å²) in [6.45, 7) is 1.22. The third kappa shape index (κ3) is 4.47. The van der Waals surface area contributed by atoms with Gasteiger partial charge in [0.15, 0.2) is 0 Å². The molecule has 0 aliphatic rings. The van der Waals surface area contributed by atoms with Crippen LogP contribution in [0.3, 0.4) is 0 Å². The number of hydrogen-bond acceptors (Lipinski definition) is 3. The summed E-state index contributed by atoms with van der Waals surface area (Å²) in [6, 6.07) is 0. The van der Waals surface area contributed by atoms with Crippen molar-refractivity contribution in [2.75, 3.05) is 19.4 Å². The van der Waals surface area contributed by atoms with E-state index in [-0.39, 0.29) is 16.5 Å². The number of halogens is 1. The van der Waals surface area contributed by atoms with Crippen molar-refractivity contribution >= 4 is 39.9 Å². The smallest absolute Gasteiger partial charge is 0.276 e. The van der Waals surface area contributed by atoms with E-state index in [0.29, 0.717) is 0 Å². The van der Waals surface area contributed by atoms with Crippen molar-refractivity contribution in [1.29, 1.82) is 0 Å². The lowest BCUT2D eigenvalue weighted by Crippen LogP contribution is -2.28. The third-order valence-corrected chi connectivity index (χ3v) is 8.31. The molecular formula is C8H18BrN2O2PS. The Kier molecular flexibility index (Phi) is 7.17. The molecule has 4 nitrogen and oxygen atoms in total. The van der Waals surface area contributed by atoms with Gasteiger partial charge < -0.3 is 0 Å². The van der Waals surface area contributed by atoms with Crippen molar-refractivity contribution in [3.8, 4) is 0 Å². The second-order valence-corrected chi connectivity index (χ2v) is 8.90. The third-order valence-electron chi connectivity index (χ3n) is 2.05. The number of carbonyl (C=O) groups excluding carboxylic acids is 1. The Labute approximate surface area is 104 Å². The van der Waals surface area contributed by atoms with Crippen molar-refractivity contribution in [1.82, 2.24) is 9.76 Å². The maximum atomic E-state index is 12.4. The largest absolute Gasteiger partial charge is 0.294 e. The molecule has 2 atom stereocenters. The van der Waals surface area contributed by atoms with Gasteiger partial charge in [0.1, 0.15) is 0 Å². The molecular weight excluding hydrogens is 299 g/mol. The first-order valence-electron chi connectivity index (χ1n) is 4.71. The zero-order chi connectivity index (χ0) is 12.1. The number of carbonyl (C=O) groups is 1. The molecule has 0 aromatic heterocycles. The minimum atomic E-state index is -2.82. The summed E-state index contributed by atoms with van der Waals surface area (Å²) in [4.78, 5) is 11.4. The van der Waals surface area contributed by atoms with Gasteiger partial charge in [-0.15, -0.1) is 0 Å². The molecule has 0 aromatic rings. The Bertz CT molecular complexity index is 265. The van der Waals surface area contributed by atoms with E-state index >= 15 is 0 Å². The molecule has 2 unspecified atom stereocenters. The molecule has 0 heterocycles. The number of nitrogens with zero attached hydrogens (tertiary/aromatic N) is 1. The molecule has 0 bridgehead atoms. The number of alkyl halides is 1. The maximum absolute atomic E-state index is 12.4. The molecule has 0 aliphatic carbocycles. The van der Waals surface area contributed by atoms with Crippen LogP contribution in [0.1, 0.15) is 20.3 Å². The average Bonchev–Trinajstić information content (AvgIpc) is 2.26.